The summed E-state index contributed by atoms with van der Waals surface area (Å²) >= 11 is 3.00. The molecule has 6 nitrogen and oxygen atoms in total. The van der Waals surface area contributed by atoms with Gasteiger partial charge in [0.1, 0.15) is 11.2 Å². The molecule has 27 heavy (non-hydrogen) atoms. The van der Waals surface area contributed by atoms with Crippen LogP contribution in [0.15, 0.2) is 34.7 Å². The number of piperidine rings is 1. The van der Waals surface area contributed by atoms with Gasteiger partial charge in [0.15, 0.2) is 11.5 Å². The lowest BCUT2D eigenvalue weighted by atomic mass is 10.1. The van der Waals surface area contributed by atoms with Crippen LogP contribution in [0.3, 0.4) is 0 Å². The van der Waals surface area contributed by atoms with Gasteiger partial charge in [-0.25, -0.2) is 4.39 Å². The van der Waals surface area contributed by atoms with Crippen molar-refractivity contribution in [2.45, 2.75) is 42.6 Å². The smallest absolute Gasteiger partial charge is 0.236 e. The first-order valence-corrected chi connectivity index (χ1v) is 10.8. The molecule has 9 heteroatoms. The second-order valence-corrected chi connectivity index (χ2v) is 8.65. The maximum absolute atomic E-state index is 13.7. The minimum absolute atomic E-state index is 0.00557. The number of likely N-dealkylation sites (tertiary alicyclic amines) is 1. The molecular formula is C18H20FN5OS2. The van der Waals surface area contributed by atoms with E-state index in [0.717, 1.165) is 16.3 Å². The number of nitrogens with zero attached hydrogens (tertiary/aromatic N) is 5. The average molecular weight is 406 g/mol. The van der Waals surface area contributed by atoms with Gasteiger partial charge in [-0.2, -0.15) is 9.61 Å². The van der Waals surface area contributed by atoms with Gasteiger partial charge in [-0.1, -0.05) is 24.8 Å². The number of fused-ring (bicyclic) bond motifs is 1. The third-order valence-electron chi connectivity index (χ3n) is 4.56. The summed E-state index contributed by atoms with van der Waals surface area (Å²) in [6, 6.07) is 7.65. The fourth-order valence-electron chi connectivity index (χ4n) is 3.18. The number of thiophene rings is 1. The number of amides is 1. The van der Waals surface area contributed by atoms with E-state index in [1.54, 1.807) is 20.8 Å². The summed E-state index contributed by atoms with van der Waals surface area (Å²) in [4.78, 5) is 15.5. The lowest BCUT2D eigenvalue weighted by molar-refractivity contribution is -0.132. The minimum atomic E-state index is -0.912. The standard InChI is InChI=1S/C18H20FN5OS2/c1-2-13(18(25)23-9-3-5-12(19)11-23)27-16-8-7-15-20-21-17(24(15)22-16)14-6-4-10-26-14/h4,6-8,10,12-13H,2-3,5,9,11H2,1H3/t12?,13-/m1/s1. The number of rotatable bonds is 5. The molecule has 1 saturated heterocycles. The first-order chi connectivity index (χ1) is 13.2. The molecule has 1 amide bonds. The van der Waals surface area contributed by atoms with Gasteiger partial charge in [-0.05, 0) is 42.8 Å². The van der Waals surface area contributed by atoms with Gasteiger partial charge in [0.25, 0.3) is 0 Å². The van der Waals surface area contributed by atoms with Gasteiger partial charge >= 0.3 is 0 Å². The Balaban J connectivity index is 1.56. The molecule has 1 aliphatic rings. The number of carbonyl (C=O) groups is 1. The molecule has 0 aromatic carbocycles. The fraction of sp³-hybridized carbons (Fsp3) is 0.444. The number of hydrogen-bond donors (Lipinski definition) is 0. The van der Waals surface area contributed by atoms with E-state index in [-0.39, 0.29) is 17.7 Å². The summed E-state index contributed by atoms with van der Waals surface area (Å²) in [7, 11) is 0. The Morgan fingerprint density at radius 1 is 1.41 bits per heavy atom. The van der Waals surface area contributed by atoms with Crippen LogP contribution in [0, 0.1) is 0 Å². The van der Waals surface area contributed by atoms with Gasteiger partial charge < -0.3 is 4.90 Å². The predicted octanol–water partition coefficient (Wildman–Crippen LogP) is 3.68. The van der Waals surface area contributed by atoms with E-state index in [1.165, 1.54) is 11.8 Å². The summed E-state index contributed by atoms with van der Waals surface area (Å²) < 4.78 is 15.4. The highest BCUT2D eigenvalue weighted by Crippen LogP contribution is 2.28. The molecule has 0 aliphatic carbocycles. The van der Waals surface area contributed by atoms with Gasteiger partial charge in [0.05, 0.1) is 16.7 Å². The molecule has 3 aromatic rings. The molecule has 1 unspecified atom stereocenters. The zero-order chi connectivity index (χ0) is 18.8. The van der Waals surface area contributed by atoms with Crippen LogP contribution in [-0.4, -0.2) is 55.1 Å². The van der Waals surface area contributed by atoms with Crippen molar-refractivity contribution < 1.29 is 9.18 Å². The molecule has 1 aliphatic heterocycles. The van der Waals surface area contributed by atoms with E-state index in [9.17, 15) is 9.18 Å². The highest BCUT2D eigenvalue weighted by atomic mass is 32.2. The van der Waals surface area contributed by atoms with E-state index < -0.39 is 6.17 Å². The Bertz CT molecular complexity index is 929. The third kappa shape index (κ3) is 3.84. The van der Waals surface area contributed by atoms with Crippen molar-refractivity contribution in [1.82, 2.24) is 24.7 Å². The van der Waals surface area contributed by atoms with Crippen molar-refractivity contribution in [3.05, 3.63) is 29.6 Å². The highest BCUT2D eigenvalue weighted by molar-refractivity contribution is 8.00. The lowest BCUT2D eigenvalue weighted by Gasteiger charge is -2.31. The van der Waals surface area contributed by atoms with Crippen molar-refractivity contribution in [1.29, 1.82) is 0 Å². The summed E-state index contributed by atoms with van der Waals surface area (Å²) in [6.45, 7) is 2.81. The maximum Gasteiger partial charge on any atom is 0.236 e. The first-order valence-electron chi connectivity index (χ1n) is 9.01. The molecule has 142 valence electrons. The van der Waals surface area contributed by atoms with Crippen LogP contribution in [0.1, 0.15) is 26.2 Å². The maximum atomic E-state index is 13.7. The summed E-state index contributed by atoms with van der Waals surface area (Å²) in [5.41, 5.74) is 0.665. The Morgan fingerprint density at radius 3 is 3.04 bits per heavy atom. The second-order valence-electron chi connectivity index (χ2n) is 6.48. The minimum Gasteiger partial charge on any atom is -0.339 e. The van der Waals surface area contributed by atoms with Crippen LogP contribution in [-0.2, 0) is 4.79 Å². The molecule has 4 heterocycles. The van der Waals surface area contributed by atoms with E-state index in [4.69, 9.17) is 0 Å². The molecule has 0 N–H and O–H groups in total. The summed E-state index contributed by atoms with van der Waals surface area (Å²) in [6.07, 6.45) is 1.02. The molecule has 1 fully saturated rings. The second kappa shape index (κ2) is 7.93. The van der Waals surface area contributed by atoms with Crippen molar-refractivity contribution >= 4 is 34.7 Å². The number of carbonyl (C=O) groups excluding carboxylic acids is 1. The van der Waals surface area contributed by atoms with Crippen molar-refractivity contribution in [2.75, 3.05) is 13.1 Å². The van der Waals surface area contributed by atoms with Crippen LogP contribution in [0.25, 0.3) is 16.3 Å². The molecule has 0 spiro atoms. The van der Waals surface area contributed by atoms with Crippen LogP contribution in [0.5, 0.6) is 0 Å². The van der Waals surface area contributed by atoms with Crippen LogP contribution < -0.4 is 0 Å². The molecule has 2 atom stereocenters. The predicted molar refractivity (Wildman–Crippen MR) is 105 cm³/mol. The fourth-order valence-corrected chi connectivity index (χ4v) is 4.85. The van der Waals surface area contributed by atoms with Crippen molar-refractivity contribution in [3.8, 4) is 10.7 Å². The lowest BCUT2D eigenvalue weighted by Crippen LogP contribution is -2.44. The van der Waals surface area contributed by atoms with E-state index in [0.29, 0.717) is 30.9 Å². The first kappa shape index (κ1) is 18.4. The van der Waals surface area contributed by atoms with Gasteiger partial charge in [0.2, 0.25) is 5.91 Å². The topological polar surface area (TPSA) is 63.4 Å². The molecule has 3 aromatic heterocycles. The van der Waals surface area contributed by atoms with Crippen LogP contribution in [0.4, 0.5) is 4.39 Å². The normalized spacial score (nSPS) is 18.7. The molecular weight excluding hydrogens is 385 g/mol. The molecule has 0 bridgehead atoms. The highest BCUT2D eigenvalue weighted by Gasteiger charge is 2.29. The Hall–Kier alpha value is -2.00. The molecule has 0 radical (unpaired) electrons. The van der Waals surface area contributed by atoms with E-state index in [2.05, 4.69) is 15.3 Å². The molecule has 4 rings (SSSR count). The van der Waals surface area contributed by atoms with Gasteiger partial charge in [0, 0.05) is 6.54 Å². The number of halogens is 1. The van der Waals surface area contributed by atoms with E-state index >= 15 is 0 Å². The number of hydrogen-bond acceptors (Lipinski definition) is 6. The zero-order valence-electron chi connectivity index (χ0n) is 14.9. The summed E-state index contributed by atoms with van der Waals surface area (Å²) in [5, 5.41) is 15.5. The Labute approximate surface area is 164 Å². The van der Waals surface area contributed by atoms with Crippen molar-refractivity contribution in [2.24, 2.45) is 0 Å². The average Bonchev–Trinajstić information content (AvgIpc) is 3.34. The number of alkyl halides is 1. The Kier molecular flexibility index (Phi) is 5.40. The van der Waals surface area contributed by atoms with Crippen LogP contribution in [0.2, 0.25) is 0 Å². The molecule has 0 saturated carbocycles. The zero-order valence-corrected chi connectivity index (χ0v) is 16.5. The largest absolute Gasteiger partial charge is 0.339 e. The number of aromatic nitrogens is 4. The van der Waals surface area contributed by atoms with Gasteiger partial charge in [-0.3, -0.25) is 4.79 Å². The Morgan fingerprint density at radius 2 is 2.30 bits per heavy atom. The van der Waals surface area contributed by atoms with E-state index in [1.807, 2.05) is 36.6 Å². The third-order valence-corrected chi connectivity index (χ3v) is 6.71. The van der Waals surface area contributed by atoms with Crippen molar-refractivity contribution in [3.63, 3.8) is 0 Å². The monoisotopic (exact) mass is 405 g/mol. The summed E-state index contributed by atoms with van der Waals surface area (Å²) in [5.74, 6) is 0.687. The number of thioether (sulfide) groups is 1. The quantitative estimate of drug-likeness (QED) is 0.606. The van der Waals surface area contributed by atoms with Crippen LogP contribution >= 0.6 is 23.1 Å². The van der Waals surface area contributed by atoms with Gasteiger partial charge in [-0.15, -0.1) is 21.5 Å². The SMILES string of the molecule is CC[C@@H](Sc1ccc2nnc(-c3cccs3)n2n1)C(=O)N1CCCC(F)C1.